The zero-order chi connectivity index (χ0) is 12.8. The van der Waals surface area contributed by atoms with Gasteiger partial charge in [0.05, 0.1) is 0 Å². The summed E-state index contributed by atoms with van der Waals surface area (Å²) in [6.45, 7) is 4.51. The Morgan fingerprint density at radius 3 is 2.06 bits per heavy atom. The minimum Gasteiger partial charge on any atom is -0.162 e. The molecule has 2 heteroatoms. The number of rotatable bonds is 13. The second-order valence-corrected chi connectivity index (χ2v) is 6.75. The Kier molecular flexibility index (Phi) is 15.3. The third kappa shape index (κ3) is 14.6. The molecule has 0 heterocycles. The van der Waals surface area contributed by atoms with Crippen LogP contribution in [0.4, 0.5) is 0 Å². The number of alkyl halides is 1. The second kappa shape index (κ2) is 14.7. The highest BCUT2D eigenvalue weighted by Crippen LogP contribution is 2.17. The van der Waals surface area contributed by atoms with Gasteiger partial charge >= 0.3 is 0 Å². The summed E-state index contributed by atoms with van der Waals surface area (Å²) in [6, 6.07) is 0. The van der Waals surface area contributed by atoms with E-state index in [-0.39, 0.29) is 0 Å². The first-order valence-electron chi connectivity index (χ1n) is 7.53. The van der Waals surface area contributed by atoms with E-state index in [2.05, 4.69) is 13.8 Å². The molecule has 0 aliphatic rings. The predicted molar refractivity (Wildman–Crippen MR) is 84.5 cm³/mol. The molecule has 1 atom stereocenters. The third-order valence-corrected chi connectivity index (χ3v) is 4.70. The van der Waals surface area contributed by atoms with Gasteiger partial charge < -0.3 is 0 Å². The zero-order valence-corrected chi connectivity index (χ0v) is 13.4. The number of hydrogen-bond acceptors (Lipinski definition) is 1. The molecule has 0 saturated heterocycles. The van der Waals surface area contributed by atoms with E-state index >= 15 is 0 Å². The number of thioether (sulfide) groups is 1. The summed E-state index contributed by atoms with van der Waals surface area (Å²) in [4.78, 5) is 0. The summed E-state index contributed by atoms with van der Waals surface area (Å²) in [7, 11) is 0. The summed E-state index contributed by atoms with van der Waals surface area (Å²) in [5.74, 6) is 2.54. The van der Waals surface area contributed by atoms with Crippen molar-refractivity contribution in [3.63, 3.8) is 0 Å². The lowest BCUT2D eigenvalue weighted by atomic mass is 10.1. The fraction of sp³-hybridized carbons (Fsp3) is 1.00. The maximum atomic E-state index is 6.31. The maximum Gasteiger partial charge on any atom is 0.0343 e. The van der Waals surface area contributed by atoms with Crippen LogP contribution in [-0.2, 0) is 0 Å². The molecule has 0 bridgehead atoms. The Morgan fingerprint density at radius 2 is 1.41 bits per heavy atom. The summed E-state index contributed by atoms with van der Waals surface area (Å²) < 4.78 is 0. The molecule has 17 heavy (non-hydrogen) atoms. The molecule has 0 saturated carbocycles. The van der Waals surface area contributed by atoms with Crippen LogP contribution in [0.3, 0.4) is 0 Å². The van der Waals surface area contributed by atoms with Gasteiger partial charge in [0.25, 0.3) is 0 Å². The SMILES string of the molecule is CCCCCCCCCC(Cl)CCSCCC. The topological polar surface area (TPSA) is 0 Å². The van der Waals surface area contributed by atoms with Crippen molar-refractivity contribution in [2.45, 2.75) is 83.4 Å². The van der Waals surface area contributed by atoms with Crippen LogP contribution in [0.15, 0.2) is 0 Å². The van der Waals surface area contributed by atoms with E-state index in [1.807, 2.05) is 11.8 Å². The van der Waals surface area contributed by atoms with Crippen LogP contribution in [0.2, 0.25) is 0 Å². The van der Waals surface area contributed by atoms with Crippen molar-refractivity contribution >= 4 is 23.4 Å². The van der Waals surface area contributed by atoms with Crippen LogP contribution in [-0.4, -0.2) is 16.9 Å². The highest BCUT2D eigenvalue weighted by Gasteiger charge is 2.03. The normalized spacial score (nSPS) is 12.9. The van der Waals surface area contributed by atoms with E-state index in [4.69, 9.17) is 11.6 Å². The Bertz CT molecular complexity index is 139. The summed E-state index contributed by atoms with van der Waals surface area (Å²) >= 11 is 8.36. The van der Waals surface area contributed by atoms with Gasteiger partial charge in [-0.05, 0) is 30.8 Å². The van der Waals surface area contributed by atoms with E-state index in [1.165, 1.54) is 75.7 Å². The van der Waals surface area contributed by atoms with E-state index in [0.29, 0.717) is 5.38 Å². The van der Waals surface area contributed by atoms with Gasteiger partial charge in [0, 0.05) is 5.38 Å². The third-order valence-electron chi connectivity index (χ3n) is 3.04. The molecule has 0 aromatic rings. The molecule has 1 unspecified atom stereocenters. The average Bonchev–Trinajstić information content (AvgIpc) is 2.33. The summed E-state index contributed by atoms with van der Waals surface area (Å²) in [6.07, 6.45) is 13.4. The molecule has 104 valence electrons. The molecule has 0 aliphatic carbocycles. The average molecular weight is 279 g/mol. The Morgan fingerprint density at radius 1 is 0.765 bits per heavy atom. The highest BCUT2D eigenvalue weighted by molar-refractivity contribution is 7.99. The molecule has 0 aromatic carbocycles. The lowest BCUT2D eigenvalue weighted by Crippen LogP contribution is -2.00. The van der Waals surface area contributed by atoms with Crippen LogP contribution in [0.1, 0.15) is 78.1 Å². The second-order valence-electron chi connectivity index (χ2n) is 4.91. The molecule has 0 radical (unpaired) electrons. The van der Waals surface area contributed by atoms with E-state index < -0.39 is 0 Å². The van der Waals surface area contributed by atoms with Crippen LogP contribution in [0.5, 0.6) is 0 Å². The minimum absolute atomic E-state index is 0.426. The molecule has 0 N–H and O–H groups in total. The fourth-order valence-corrected chi connectivity index (χ4v) is 3.26. The molecular weight excluding hydrogens is 248 g/mol. The van der Waals surface area contributed by atoms with Gasteiger partial charge in [-0.1, -0.05) is 58.8 Å². The maximum absolute atomic E-state index is 6.31. The molecule has 0 aliphatic heterocycles. The Balaban J connectivity index is 3.08. The van der Waals surface area contributed by atoms with Crippen molar-refractivity contribution in [2.24, 2.45) is 0 Å². The van der Waals surface area contributed by atoms with Crippen molar-refractivity contribution in [1.82, 2.24) is 0 Å². The Hall–Kier alpha value is 0.640. The number of halogens is 1. The smallest absolute Gasteiger partial charge is 0.0343 e. The monoisotopic (exact) mass is 278 g/mol. The first kappa shape index (κ1) is 17.6. The van der Waals surface area contributed by atoms with E-state index in [0.717, 1.165) is 0 Å². The van der Waals surface area contributed by atoms with Crippen molar-refractivity contribution in [2.75, 3.05) is 11.5 Å². The van der Waals surface area contributed by atoms with Crippen molar-refractivity contribution in [1.29, 1.82) is 0 Å². The standard InChI is InChI=1S/C15H31ClS/c1-3-5-6-7-8-9-10-11-15(16)12-14-17-13-4-2/h15H,3-14H2,1-2H3. The first-order valence-corrected chi connectivity index (χ1v) is 9.12. The van der Waals surface area contributed by atoms with Gasteiger partial charge in [0.2, 0.25) is 0 Å². The Labute approximate surface area is 118 Å². The van der Waals surface area contributed by atoms with Crippen LogP contribution >= 0.6 is 23.4 Å². The summed E-state index contributed by atoms with van der Waals surface area (Å²) in [5.41, 5.74) is 0. The van der Waals surface area contributed by atoms with Gasteiger partial charge in [-0.25, -0.2) is 0 Å². The number of unbranched alkanes of at least 4 members (excludes halogenated alkanes) is 6. The lowest BCUT2D eigenvalue weighted by molar-refractivity contribution is 0.565. The van der Waals surface area contributed by atoms with E-state index in [1.54, 1.807) is 0 Å². The highest BCUT2D eigenvalue weighted by atomic mass is 35.5. The summed E-state index contributed by atoms with van der Waals surface area (Å²) in [5, 5.41) is 0.426. The van der Waals surface area contributed by atoms with Gasteiger partial charge in [0.15, 0.2) is 0 Å². The minimum atomic E-state index is 0.426. The largest absolute Gasteiger partial charge is 0.162 e. The lowest BCUT2D eigenvalue weighted by Gasteiger charge is -2.08. The fourth-order valence-electron chi connectivity index (χ4n) is 1.92. The van der Waals surface area contributed by atoms with Gasteiger partial charge in [-0.15, -0.1) is 11.6 Å². The van der Waals surface area contributed by atoms with Gasteiger partial charge in [-0.2, -0.15) is 11.8 Å². The van der Waals surface area contributed by atoms with Crippen LogP contribution < -0.4 is 0 Å². The molecule has 0 amide bonds. The molecule has 0 rings (SSSR count). The first-order chi connectivity index (χ1) is 8.31. The molecule has 0 aromatic heterocycles. The van der Waals surface area contributed by atoms with E-state index in [9.17, 15) is 0 Å². The molecule has 0 nitrogen and oxygen atoms in total. The quantitative estimate of drug-likeness (QED) is 0.283. The van der Waals surface area contributed by atoms with Gasteiger partial charge in [0.1, 0.15) is 0 Å². The molecule has 0 fully saturated rings. The van der Waals surface area contributed by atoms with Crippen molar-refractivity contribution in [3.8, 4) is 0 Å². The predicted octanol–water partition coefficient (Wildman–Crippen LogP) is 6.27. The van der Waals surface area contributed by atoms with Crippen molar-refractivity contribution < 1.29 is 0 Å². The van der Waals surface area contributed by atoms with Gasteiger partial charge in [-0.3, -0.25) is 0 Å². The van der Waals surface area contributed by atoms with Crippen LogP contribution in [0.25, 0.3) is 0 Å². The van der Waals surface area contributed by atoms with Crippen molar-refractivity contribution in [3.05, 3.63) is 0 Å². The molecular formula is C15H31ClS. The molecule has 0 spiro atoms. The van der Waals surface area contributed by atoms with Crippen LogP contribution in [0, 0.1) is 0 Å². The number of hydrogen-bond donors (Lipinski definition) is 0. The zero-order valence-electron chi connectivity index (χ0n) is 11.8.